The molecule has 2 fully saturated rings. The van der Waals surface area contributed by atoms with E-state index in [9.17, 15) is 8.42 Å². The van der Waals surface area contributed by atoms with E-state index in [1.807, 2.05) is 12.1 Å². The van der Waals surface area contributed by atoms with Crippen molar-refractivity contribution in [2.24, 2.45) is 5.16 Å². The number of hydrogen-bond acceptors (Lipinski definition) is 4. The Bertz CT molecular complexity index is 701. The van der Waals surface area contributed by atoms with Gasteiger partial charge in [-0.3, -0.25) is 0 Å². The lowest BCUT2D eigenvalue weighted by molar-refractivity contribution is 0.284. The summed E-state index contributed by atoms with van der Waals surface area (Å²) in [5, 5.41) is 12.3. The normalized spacial score (nSPS) is 27.5. The molecule has 1 aromatic carbocycles. The van der Waals surface area contributed by atoms with Crippen LogP contribution in [0.25, 0.3) is 0 Å². The molecule has 2 heterocycles. The van der Waals surface area contributed by atoms with E-state index >= 15 is 0 Å². The summed E-state index contributed by atoms with van der Waals surface area (Å²) in [7, 11) is -3.50. The molecule has 0 aliphatic carbocycles. The van der Waals surface area contributed by atoms with Crippen molar-refractivity contribution in [1.29, 1.82) is 0 Å². The van der Waals surface area contributed by atoms with Gasteiger partial charge in [0.05, 0.1) is 10.6 Å². The van der Waals surface area contributed by atoms with Crippen molar-refractivity contribution in [2.45, 2.75) is 68.8 Å². The van der Waals surface area contributed by atoms with Crippen molar-refractivity contribution in [3.8, 4) is 0 Å². The summed E-state index contributed by atoms with van der Waals surface area (Å²) >= 11 is 0. The molecule has 2 bridgehead atoms. The number of fused-ring (bicyclic) bond motifs is 2. The molecule has 0 spiro atoms. The molecule has 23 heavy (non-hydrogen) atoms. The van der Waals surface area contributed by atoms with Crippen molar-refractivity contribution >= 4 is 15.7 Å². The van der Waals surface area contributed by atoms with Crippen LogP contribution in [-0.4, -0.2) is 35.7 Å². The number of sulfonamides is 1. The van der Waals surface area contributed by atoms with Gasteiger partial charge in [-0.2, -0.15) is 4.31 Å². The van der Waals surface area contributed by atoms with Crippen molar-refractivity contribution < 1.29 is 13.6 Å². The highest BCUT2D eigenvalue weighted by atomic mass is 32.2. The van der Waals surface area contributed by atoms with Crippen LogP contribution in [0, 0.1) is 0 Å². The van der Waals surface area contributed by atoms with Crippen molar-refractivity contribution in [3.63, 3.8) is 0 Å². The molecule has 5 nitrogen and oxygen atoms in total. The standard InChI is InChI=1S/C17H24N2O3S/c1-17(2,3)12-4-8-16(9-5-12)23(21,22)19-14-6-7-15(19)11-13(10-14)18-20/h4-5,8-9,14-15,20H,6-7,10-11H2,1-3H3/t14-,15+. The van der Waals surface area contributed by atoms with Gasteiger partial charge in [0.15, 0.2) is 0 Å². The monoisotopic (exact) mass is 336 g/mol. The fraction of sp³-hybridized carbons (Fsp3) is 0.588. The van der Waals surface area contributed by atoms with Crippen LogP contribution in [0.3, 0.4) is 0 Å². The largest absolute Gasteiger partial charge is 0.411 e. The summed E-state index contributed by atoms with van der Waals surface area (Å²) in [6.45, 7) is 6.32. The minimum atomic E-state index is -3.50. The Labute approximate surface area is 138 Å². The second-order valence-corrected chi connectivity index (χ2v) is 9.41. The molecule has 0 radical (unpaired) electrons. The minimum Gasteiger partial charge on any atom is -0.411 e. The van der Waals surface area contributed by atoms with E-state index in [-0.39, 0.29) is 17.5 Å². The summed E-state index contributed by atoms with van der Waals surface area (Å²) in [6, 6.07) is 7.08. The molecule has 2 saturated heterocycles. The van der Waals surface area contributed by atoms with Crippen LogP contribution in [0.15, 0.2) is 34.3 Å². The van der Waals surface area contributed by atoms with Gasteiger partial charge in [-0.05, 0) is 36.0 Å². The van der Waals surface area contributed by atoms with Gasteiger partial charge in [0.2, 0.25) is 10.0 Å². The summed E-state index contributed by atoms with van der Waals surface area (Å²) in [5.41, 5.74) is 1.83. The van der Waals surface area contributed by atoms with E-state index in [1.54, 1.807) is 16.4 Å². The van der Waals surface area contributed by atoms with E-state index in [2.05, 4.69) is 25.9 Å². The van der Waals surface area contributed by atoms with Gasteiger partial charge in [-0.15, -0.1) is 0 Å². The Kier molecular flexibility index (Phi) is 4.01. The van der Waals surface area contributed by atoms with Gasteiger partial charge in [0.1, 0.15) is 0 Å². The van der Waals surface area contributed by atoms with Crippen molar-refractivity contribution in [2.75, 3.05) is 0 Å². The highest BCUT2D eigenvalue weighted by Crippen LogP contribution is 2.39. The third-order valence-electron chi connectivity index (χ3n) is 4.93. The zero-order valence-corrected chi connectivity index (χ0v) is 14.7. The van der Waals surface area contributed by atoms with E-state index in [1.165, 1.54) is 0 Å². The van der Waals surface area contributed by atoms with Crippen LogP contribution in [-0.2, 0) is 15.4 Å². The number of benzene rings is 1. The second kappa shape index (κ2) is 5.60. The SMILES string of the molecule is CC(C)(C)c1ccc(S(=O)(=O)N2[C@@H]3CC[C@H]2CC(=NO)C3)cc1. The van der Waals surface area contributed by atoms with Gasteiger partial charge in [0, 0.05) is 24.9 Å². The Balaban J connectivity index is 1.91. The molecule has 3 rings (SSSR count). The number of hydrogen-bond donors (Lipinski definition) is 1. The lowest BCUT2D eigenvalue weighted by Gasteiger charge is -2.34. The molecule has 2 aliphatic heterocycles. The number of rotatable bonds is 2. The summed E-state index contributed by atoms with van der Waals surface area (Å²) in [6.07, 6.45) is 2.74. The Morgan fingerprint density at radius 2 is 1.61 bits per heavy atom. The third-order valence-corrected chi connectivity index (χ3v) is 6.95. The molecular formula is C17H24N2O3S. The van der Waals surface area contributed by atoms with Crippen LogP contribution in [0.5, 0.6) is 0 Å². The first kappa shape index (κ1) is 16.5. The highest BCUT2D eigenvalue weighted by molar-refractivity contribution is 7.89. The maximum Gasteiger partial charge on any atom is 0.243 e. The number of nitrogens with zero attached hydrogens (tertiary/aromatic N) is 2. The number of piperidine rings is 1. The second-order valence-electron chi connectivity index (χ2n) is 7.57. The number of oxime groups is 1. The molecule has 1 N–H and O–H groups in total. The van der Waals surface area contributed by atoms with Crippen LogP contribution in [0.2, 0.25) is 0 Å². The minimum absolute atomic E-state index is 0.00106. The van der Waals surface area contributed by atoms with Gasteiger partial charge in [-0.25, -0.2) is 8.42 Å². The lowest BCUT2D eigenvalue weighted by atomic mass is 9.87. The van der Waals surface area contributed by atoms with Gasteiger partial charge in [-0.1, -0.05) is 38.1 Å². The lowest BCUT2D eigenvalue weighted by Crippen LogP contribution is -2.46. The molecule has 6 heteroatoms. The topological polar surface area (TPSA) is 70.0 Å². The molecule has 2 aliphatic rings. The molecule has 2 atom stereocenters. The molecule has 126 valence electrons. The quantitative estimate of drug-likeness (QED) is 0.666. The summed E-state index contributed by atoms with van der Waals surface area (Å²) in [4.78, 5) is 0.354. The van der Waals surface area contributed by atoms with Crippen LogP contribution < -0.4 is 0 Å². The van der Waals surface area contributed by atoms with E-state index < -0.39 is 10.0 Å². The summed E-state index contributed by atoms with van der Waals surface area (Å²) < 4.78 is 27.7. The average Bonchev–Trinajstić information content (AvgIpc) is 2.78. The molecular weight excluding hydrogens is 312 g/mol. The Morgan fingerprint density at radius 3 is 2.04 bits per heavy atom. The van der Waals surface area contributed by atoms with Crippen molar-refractivity contribution in [1.82, 2.24) is 4.31 Å². The predicted octanol–water partition coefficient (Wildman–Crippen LogP) is 3.13. The molecule has 0 amide bonds. The highest BCUT2D eigenvalue weighted by Gasteiger charge is 2.46. The smallest absolute Gasteiger partial charge is 0.243 e. The molecule has 1 aromatic rings. The van der Waals surface area contributed by atoms with E-state index in [0.717, 1.165) is 18.4 Å². The zero-order chi connectivity index (χ0) is 16.8. The molecule has 0 saturated carbocycles. The van der Waals surface area contributed by atoms with E-state index in [0.29, 0.717) is 23.4 Å². The first-order valence-electron chi connectivity index (χ1n) is 8.07. The maximum absolute atomic E-state index is 13.0. The molecule has 0 unspecified atom stereocenters. The van der Waals surface area contributed by atoms with Gasteiger partial charge in [0.25, 0.3) is 0 Å². The third kappa shape index (κ3) is 2.90. The van der Waals surface area contributed by atoms with Crippen LogP contribution in [0.4, 0.5) is 0 Å². The van der Waals surface area contributed by atoms with Crippen LogP contribution >= 0.6 is 0 Å². The maximum atomic E-state index is 13.0. The predicted molar refractivity (Wildman–Crippen MR) is 89.4 cm³/mol. The fourth-order valence-electron chi connectivity index (χ4n) is 3.67. The molecule has 0 aromatic heterocycles. The van der Waals surface area contributed by atoms with Gasteiger partial charge >= 0.3 is 0 Å². The van der Waals surface area contributed by atoms with Crippen LogP contribution in [0.1, 0.15) is 52.0 Å². The fourth-order valence-corrected chi connectivity index (χ4v) is 5.54. The van der Waals surface area contributed by atoms with E-state index in [4.69, 9.17) is 5.21 Å². The van der Waals surface area contributed by atoms with Crippen molar-refractivity contribution in [3.05, 3.63) is 29.8 Å². The summed E-state index contributed by atoms with van der Waals surface area (Å²) in [5.74, 6) is 0. The average molecular weight is 336 g/mol. The Morgan fingerprint density at radius 1 is 1.09 bits per heavy atom. The zero-order valence-electron chi connectivity index (χ0n) is 13.9. The first-order valence-corrected chi connectivity index (χ1v) is 9.51. The first-order chi connectivity index (χ1) is 10.7. The van der Waals surface area contributed by atoms with Gasteiger partial charge < -0.3 is 5.21 Å². The Hall–Kier alpha value is -1.40.